The lowest BCUT2D eigenvalue weighted by Gasteiger charge is -2.10. The van der Waals surface area contributed by atoms with Crippen molar-refractivity contribution in [3.63, 3.8) is 0 Å². The molecule has 0 amide bonds. The van der Waals surface area contributed by atoms with Gasteiger partial charge < -0.3 is 4.74 Å². The van der Waals surface area contributed by atoms with Gasteiger partial charge in [0.15, 0.2) is 5.75 Å². The number of nitro benzene ring substituents is 1. The number of hydrogen-bond acceptors (Lipinski definition) is 5. The molecule has 1 aromatic heterocycles. The molecule has 0 saturated carbocycles. The molecule has 1 aromatic carbocycles. The molecule has 1 heterocycles. The Bertz CT molecular complexity index is 751. The highest BCUT2D eigenvalue weighted by molar-refractivity contribution is 6.37. The Morgan fingerprint density at radius 3 is 2.43 bits per heavy atom. The fourth-order valence-corrected chi connectivity index (χ4v) is 2.17. The zero-order valence-electron chi connectivity index (χ0n) is 10.0. The molecular formula is C12H4Cl3N3O3. The highest BCUT2D eigenvalue weighted by Crippen LogP contribution is 2.40. The minimum Gasteiger partial charge on any atom is -0.434 e. The molecule has 0 atom stereocenters. The van der Waals surface area contributed by atoms with Crippen LogP contribution in [0.1, 0.15) is 5.56 Å². The van der Waals surface area contributed by atoms with E-state index in [1.165, 1.54) is 12.3 Å². The summed E-state index contributed by atoms with van der Waals surface area (Å²) in [7, 11) is 0. The maximum absolute atomic E-state index is 10.7. The zero-order valence-corrected chi connectivity index (χ0v) is 12.3. The number of pyridine rings is 1. The number of non-ortho nitro benzene ring substituents is 1. The molecule has 0 saturated heterocycles. The van der Waals surface area contributed by atoms with Gasteiger partial charge in [0.1, 0.15) is 11.1 Å². The summed E-state index contributed by atoms with van der Waals surface area (Å²) in [5, 5.41) is 19.4. The third-order valence-corrected chi connectivity index (χ3v) is 3.30. The summed E-state index contributed by atoms with van der Waals surface area (Å²) < 4.78 is 5.37. The molecule has 0 radical (unpaired) electrons. The van der Waals surface area contributed by atoms with Crippen molar-refractivity contribution in [3.8, 4) is 17.7 Å². The summed E-state index contributed by atoms with van der Waals surface area (Å²) in [4.78, 5) is 13.9. The average molecular weight is 345 g/mol. The van der Waals surface area contributed by atoms with Crippen LogP contribution in [0.15, 0.2) is 24.4 Å². The summed E-state index contributed by atoms with van der Waals surface area (Å²) in [6.45, 7) is 0. The summed E-state index contributed by atoms with van der Waals surface area (Å²) >= 11 is 17.8. The van der Waals surface area contributed by atoms with E-state index in [0.717, 1.165) is 12.1 Å². The fraction of sp³-hybridized carbons (Fsp3) is 0. The van der Waals surface area contributed by atoms with E-state index in [0.29, 0.717) is 0 Å². The van der Waals surface area contributed by atoms with Gasteiger partial charge in [0.2, 0.25) is 5.88 Å². The lowest BCUT2D eigenvalue weighted by atomic mass is 10.3. The predicted octanol–water partition coefficient (Wildman–Crippen LogP) is 4.61. The van der Waals surface area contributed by atoms with Crippen LogP contribution in [-0.2, 0) is 0 Å². The molecule has 0 spiro atoms. The molecule has 0 aliphatic rings. The van der Waals surface area contributed by atoms with Gasteiger partial charge >= 0.3 is 0 Å². The van der Waals surface area contributed by atoms with Crippen molar-refractivity contribution >= 4 is 40.5 Å². The van der Waals surface area contributed by atoms with E-state index in [-0.39, 0.29) is 37.9 Å². The number of rotatable bonds is 3. The van der Waals surface area contributed by atoms with Crippen LogP contribution >= 0.6 is 34.8 Å². The Hall–Kier alpha value is -2.07. The SMILES string of the molecule is N#Cc1ccnc(Oc2c(Cl)cc([N+](=O)[O-])cc2Cl)c1Cl. The van der Waals surface area contributed by atoms with Gasteiger partial charge in [-0.2, -0.15) is 5.26 Å². The predicted molar refractivity (Wildman–Crippen MR) is 77.2 cm³/mol. The first-order chi connectivity index (χ1) is 9.93. The first-order valence-corrected chi connectivity index (χ1v) is 6.43. The molecule has 2 rings (SSSR count). The zero-order chi connectivity index (χ0) is 15.6. The van der Waals surface area contributed by atoms with Gasteiger partial charge in [0, 0.05) is 18.3 Å². The van der Waals surface area contributed by atoms with Crippen LogP contribution in [0.5, 0.6) is 11.6 Å². The highest BCUT2D eigenvalue weighted by Gasteiger charge is 2.18. The molecule has 9 heteroatoms. The first-order valence-electron chi connectivity index (χ1n) is 5.30. The molecule has 0 aliphatic carbocycles. The van der Waals surface area contributed by atoms with Gasteiger partial charge in [0.05, 0.1) is 20.5 Å². The van der Waals surface area contributed by atoms with Crippen LogP contribution < -0.4 is 4.74 Å². The molecule has 21 heavy (non-hydrogen) atoms. The monoisotopic (exact) mass is 343 g/mol. The number of ether oxygens (including phenoxy) is 1. The summed E-state index contributed by atoms with van der Waals surface area (Å²) in [5.74, 6) is -0.109. The van der Waals surface area contributed by atoms with Crippen LogP contribution in [0.2, 0.25) is 15.1 Å². The third-order valence-electron chi connectivity index (χ3n) is 2.37. The van der Waals surface area contributed by atoms with E-state index >= 15 is 0 Å². The number of halogens is 3. The van der Waals surface area contributed by atoms with E-state index in [1.54, 1.807) is 0 Å². The molecule has 0 N–H and O–H groups in total. The minimum absolute atomic E-state index is 0.00881. The Balaban J connectivity index is 2.46. The van der Waals surface area contributed by atoms with Gasteiger partial charge in [0.25, 0.3) is 5.69 Å². The van der Waals surface area contributed by atoms with Crippen LogP contribution in [0, 0.1) is 21.4 Å². The quantitative estimate of drug-likeness (QED) is 0.599. The summed E-state index contributed by atoms with van der Waals surface area (Å²) in [6, 6.07) is 5.45. The minimum atomic E-state index is -0.636. The Kier molecular flexibility index (Phi) is 4.48. The van der Waals surface area contributed by atoms with Gasteiger partial charge in [-0.25, -0.2) is 4.98 Å². The van der Waals surface area contributed by atoms with Crippen molar-refractivity contribution in [1.82, 2.24) is 4.98 Å². The maximum atomic E-state index is 10.7. The Morgan fingerprint density at radius 2 is 1.90 bits per heavy atom. The topological polar surface area (TPSA) is 89.0 Å². The summed E-state index contributed by atoms with van der Waals surface area (Å²) in [5.41, 5.74) is -0.113. The second kappa shape index (κ2) is 6.14. The third kappa shape index (κ3) is 3.16. The molecule has 0 unspecified atom stereocenters. The molecule has 0 aliphatic heterocycles. The number of hydrogen-bond donors (Lipinski definition) is 0. The van der Waals surface area contributed by atoms with Crippen LogP contribution in [-0.4, -0.2) is 9.91 Å². The second-order valence-electron chi connectivity index (χ2n) is 3.69. The number of nitrogens with zero attached hydrogens (tertiary/aromatic N) is 3. The number of aromatic nitrogens is 1. The van der Waals surface area contributed by atoms with Crippen molar-refractivity contribution in [2.75, 3.05) is 0 Å². The van der Waals surface area contributed by atoms with Crippen molar-refractivity contribution in [2.24, 2.45) is 0 Å². The van der Waals surface area contributed by atoms with Gasteiger partial charge in [-0.15, -0.1) is 0 Å². The van der Waals surface area contributed by atoms with Gasteiger partial charge in [-0.05, 0) is 6.07 Å². The fourth-order valence-electron chi connectivity index (χ4n) is 1.43. The van der Waals surface area contributed by atoms with Crippen LogP contribution in [0.3, 0.4) is 0 Å². The largest absolute Gasteiger partial charge is 0.434 e. The normalized spacial score (nSPS) is 10.0. The average Bonchev–Trinajstić information content (AvgIpc) is 2.44. The van der Waals surface area contributed by atoms with Gasteiger partial charge in [-0.1, -0.05) is 34.8 Å². The van der Waals surface area contributed by atoms with E-state index in [1.807, 2.05) is 6.07 Å². The lowest BCUT2D eigenvalue weighted by molar-refractivity contribution is -0.384. The van der Waals surface area contributed by atoms with Crippen LogP contribution in [0.4, 0.5) is 5.69 Å². The number of benzene rings is 1. The first kappa shape index (κ1) is 15.3. The van der Waals surface area contributed by atoms with Gasteiger partial charge in [-0.3, -0.25) is 10.1 Å². The molecule has 0 fully saturated rings. The Labute approximate surface area is 133 Å². The summed E-state index contributed by atoms with van der Waals surface area (Å²) in [6.07, 6.45) is 1.33. The molecule has 0 bridgehead atoms. The van der Waals surface area contributed by atoms with E-state index < -0.39 is 4.92 Å². The number of nitriles is 1. The molecule has 6 nitrogen and oxygen atoms in total. The second-order valence-corrected chi connectivity index (χ2v) is 4.88. The van der Waals surface area contributed by atoms with Crippen molar-refractivity contribution in [3.05, 3.63) is 55.1 Å². The van der Waals surface area contributed by atoms with Crippen molar-refractivity contribution in [1.29, 1.82) is 5.26 Å². The molecular weight excluding hydrogens is 341 g/mol. The van der Waals surface area contributed by atoms with Crippen molar-refractivity contribution in [2.45, 2.75) is 0 Å². The Morgan fingerprint density at radius 1 is 1.29 bits per heavy atom. The molecule has 106 valence electrons. The van der Waals surface area contributed by atoms with Crippen LogP contribution in [0.25, 0.3) is 0 Å². The van der Waals surface area contributed by atoms with E-state index in [4.69, 9.17) is 44.8 Å². The van der Waals surface area contributed by atoms with E-state index in [9.17, 15) is 10.1 Å². The number of nitro groups is 1. The van der Waals surface area contributed by atoms with Crippen molar-refractivity contribution < 1.29 is 9.66 Å². The van der Waals surface area contributed by atoms with E-state index in [2.05, 4.69) is 4.98 Å². The maximum Gasteiger partial charge on any atom is 0.272 e. The molecule has 2 aromatic rings. The standard InChI is InChI=1S/C12H4Cl3N3O3/c13-8-3-7(18(19)20)4-9(14)11(8)21-12-10(15)6(5-16)1-2-17-12/h1-4H. The lowest BCUT2D eigenvalue weighted by Crippen LogP contribution is -1.94. The highest BCUT2D eigenvalue weighted by atomic mass is 35.5. The smallest absolute Gasteiger partial charge is 0.272 e.